The number of rotatable bonds is 3. The zero-order valence-electron chi connectivity index (χ0n) is 12.4. The molecule has 2 nitrogen and oxygen atoms in total. The molecule has 0 radical (unpaired) electrons. The Bertz CT molecular complexity index is 446. The van der Waals surface area contributed by atoms with Gasteiger partial charge in [-0.3, -0.25) is 0 Å². The van der Waals surface area contributed by atoms with Crippen LogP contribution in [0.25, 0.3) is 0 Å². The summed E-state index contributed by atoms with van der Waals surface area (Å²) in [6.07, 6.45) is 6.20. The molecule has 0 aliphatic carbocycles. The molecule has 20 heavy (non-hydrogen) atoms. The Morgan fingerprint density at radius 1 is 1.25 bits per heavy atom. The van der Waals surface area contributed by atoms with Crippen molar-refractivity contribution >= 4 is 11.6 Å². The van der Waals surface area contributed by atoms with Gasteiger partial charge in [0.05, 0.1) is 0 Å². The lowest BCUT2D eigenvalue weighted by Gasteiger charge is -2.29. The van der Waals surface area contributed by atoms with Gasteiger partial charge in [0.15, 0.2) is 0 Å². The first kappa shape index (κ1) is 14.4. The summed E-state index contributed by atoms with van der Waals surface area (Å²) in [4.78, 5) is 2.41. The van der Waals surface area contributed by atoms with Gasteiger partial charge in [-0.25, -0.2) is 0 Å². The minimum atomic E-state index is 0.650. The summed E-state index contributed by atoms with van der Waals surface area (Å²) in [5, 5.41) is 4.54. The average Bonchev–Trinajstić information content (AvgIpc) is 2.93. The monoisotopic (exact) mass is 292 g/mol. The summed E-state index contributed by atoms with van der Waals surface area (Å²) in [5.41, 5.74) is 2.74. The Morgan fingerprint density at radius 2 is 2.05 bits per heavy atom. The highest BCUT2D eigenvalue weighted by Crippen LogP contribution is 2.33. The predicted octanol–water partition coefficient (Wildman–Crippen LogP) is 3.44. The molecular weight excluding hydrogens is 268 g/mol. The summed E-state index contributed by atoms with van der Waals surface area (Å²) < 4.78 is 0. The molecular formula is C17H25ClN2. The van der Waals surface area contributed by atoms with Crippen molar-refractivity contribution in [3.8, 4) is 0 Å². The van der Waals surface area contributed by atoms with Gasteiger partial charge in [0.2, 0.25) is 0 Å². The van der Waals surface area contributed by atoms with Crippen LogP contribution in [0.2, 0.25) is 5.02 Å². The van der Waals surface area contributed by atoms with E-state index >= 15 is 0 Å². The fraction of sp³-hybridized carbons (Fsp3) is 0.647. The predicted molar refractivity (Wildman–Crippen MR) is 85.7 cm³/mol. The van der Waals surface area contributed by atoms with Gasteiger partial charge in [-0.1, -0.05) is 23.7 Å². The second-order valence-corrected chi connectivity index (χ2v) is 6.84. The highest BCUT2D eigenvalue weighted by Gasteiger charge is 2.21. The largest absolute Gasteiger partial charge is 0.314 e. The molecule has 1 atom stereocenters. The molecule has 2 fully saturated rings. The molecule has 2 saturated heterocycles. The van der Waals surface area contributed by atoms with Crippen LogP contribution in [-0.2, 0) is 6.42 Å². The lowest BCUT2D eigenvalue weighted by molar-refractivity contribution is 0.255. The van der Waals surface area contributed by atoms with Gasteiger partial charge in [0.1, 0.15) is 0 Å². The molecule has 1 unspecified atom stereocenters. The summed E-state index contributed by atoms with van der Waals surface area (Å²) in [5.74, 6) is 0.650. The topological polar surface area (TPSA) is 15.3 Å². The molecule has 0 aromatic heterocycles. The molecule has 1 N–H and O–H groups in total. The van der Waals surface area contributed by atoms with E-state index in [4.69, 9.17) is 11.6 Å². The molecule has 1 aromatic carbocycles. The van der Waals surface area contributed by atoms with Crippen LogP contribution in [0.5, 0.6) is 0 Å². The Kier molecular flexibility index (Phi) is 4.65. The van der Waals surface area contributed by atoms with Crippen molar-refractivity contribution in [1.29, 1.82) is 0 Å². The number of hydrogen-bond donors (Lipinski definition) is 1. The number of nitrogens with zero attached hydrogens (tertiary/aromatic N) is 1. The number of halogens is 1. The minimum Gasteiger partial charge on any atom is -0.314 e. The van der Waals surface area contributed by atoms with E-state index in [-0.39, 0.29) is 0 Å². The quantitative estimate of drug-likeness (QED) is 0.918. The van der Waals surface area contributed by atoms with Crippen LogP contribution in [0.15, 0.2) is 18.2 Å². The van der Waals surface area contributed by atoms with Crippen molar-refractivity contribution in [1.82, 2.24) is 10.2 Å². The molecule has 3 heteroatoms. The molecule has 0 spiro atoms. The normalized spacial score (nSPS) is 25.2. The number of likely N-dealkylation sites (tertiary alicyclic amines) is 1. The van der Waals surface area contributed by atoms with Crippen LogP contribution < -0.4 is 5.32 Å². The van der Waals surface area contributed by atoms with E-state index in [1.165, 1.54) is 56.4 Å². The van der Waals surface area contributed by atoms with Gasteiger partial charge in [-0.05, 0) is 81.9 Å². The van der Waals surface area contributed by atoms with Crippen molar-refractivity contribution in [2.75, 3.05) is 26.7 Å². The molecule has 110 valence electrons. The van der Waals surface area contributed by atoms with Crippen LogP contribution in [-0.4, -0.2) is 37.6 Å². The first-order chi connectivity index (χ1) is 9.72. The Morgan fingerprint density at radius 3 is 2.70 bits per heavy atom. The third kappa shape index (κ3) is 3.36. The van der Waals surface area contributed by atoms with Gasteiger partial charge >= 0.3 is 0 Å². The summed E-state index contributed by atoms with van der Waals surface area (Å²) in [6.45, 7) is 3.55. The SMILES string of the molecule is CN1CCC(c2ccc(CC3CCCN3)cc2Cl)CC1. The first-order valence-electron chi connectivity index (χ1n) is 7.92. The highest BCUT2D eigenvalue weighted by atomic mass is 35.5. The van der Waals surface area contributed by atoms with Crippen molar-refractivity contribution in [3.05, 3.63) is 34.3 Å². The van der Waals surface area contributed by atoms with E-state index in [1.807, 2.05) is 0 Å². The fourth-order valence-electron chi connectivity index (χ4n) is 3.56. The van der Waals surface area contributed by atoms with Crippen molar-refractivity contribution in [2.24, 2.45) is 0 Å². The van der Waals surface area contributed by atoms with E-state index in [0.717, 1.165) is 11.4 Å². The number of benzene rings is 1. The van der Waals surface area contributed by atoms with Gasteiger partial charge in [-0.15, -0.1) is 0 Å². The van der Waals surface area contributed by atoms with E-state index in [2.05, 4.69) is 35.5 Å². The standard InChI is InChI=1S/C17H25ClN2/c1-20-9-6-14(7-10-20)16-5-4-13(12-17(16)18)11-15-3-2-8-19-15/h4-5,12,14-15,19H,2-3,6-11H2,1H3. The van der Waals surface area contributed by atoms with E-state index in [9.17, 15) is 0 Å². The van der Waals surface area contributed by atoms with Gasteiger partial charge < -0.3 is 10.2 Å². The average molecular weight is 293 g/mol. The third-order valence-corrected chi connectivity index (χ3v) is 5.20. The molecule has 2 aliphatic heterocycles. The van der Waals surface area contributed by atoms with Crippen molar-refractivity contribution in [3.63, 3.8) is 0 Å². The number of piperidine rings is 1. The second kappa shape index (κ2) is 6.46. The lowest BCUT2D eigenvalue weighted by atomic mass is 9.88. The van der Waals surface area contributed by atoms with Crippen LogP contribution in [0.3, 0.4) is 0 Å². The fourth-order valence-corrected chi connectivity index (χ4v) is 3.92. The van der Waals surface area contributed by atoms with Gasteiger partial charge in [0, 0.05) is 11.1 Å². The van der Waals surface area contributed by atoms with E-state index < -0.39 is 0 Å². The second-order valence-electron chi connectivity index (χ2n) is 6.43. The van der Waals surface area contributed by atoms with Crippen LogP contribution >= 0.6 is 11.6 Å². The van der Waals surface area contributed by atoms with Crippen molar-refractivity contribution < 1.29 is 0 Å². The first-order valence-corrected chi connectivity index (χ1v) is 8.30. The van der Waals surface area contributed by atoms with Crippen LogP contribution in [0.1, 0.15) is 42.7 Å². The Hall–Kier alpha value is -0.570. The smallest absolute Gasteiger partial charge is 0.0443 e. The number of nitrogens with one attached hydrogen (secondary N) is 1. The van der Waals surface area contributed by atoms with E-state index in [0.29, 0.717) is 12.0 Å². The molecule has 0 bridgehead atoms. The molecule has 0 amide bonds. The zero-order chi connectivity index (χ0) is 13.9. The third-order valence-electron chi connectivity index (χ3n) is 4.87. The molecule has 1 aromatic rings. The molecule has 0 saturated carbocycles. The lowest BCUT2D eigenvalue weighted by Crippen LogP contribution is -2.29. The Balaban J connectivity index is 1.67. The molecule has 3 rings (SSSR count). The maximum Gasteiger partial charge on any atom is 0.0443 e. The van der Waals surface area contributed by atoms with Gasteiger partial charge in [0.25, 0.3) is 0 Å². The van der Waals surface area contributed by atoms with Gasteiger partial charge in [-0.2, -0.15) is 0 Å². The molecule has 2 aliphatic rings. The summed E-state index contributed by atoms with van der Waals surface area (Å²) >= 11 is 6.55. The van der Waals surface area contributed by atoms with Crippen LogP contribution in [0.4, 0.5) is 0 Å². The van der Waals surface area contributed by atoms with Crippen LogP contribution in [0, 0.1) is 0 Å². The summed E-state index contributed by atoms with van der Waals surface area (Å²) in [7, 11) is 2.20. The number of hydrogen-bond acceptors (Lipinski definition) is 2. The maximum atomic E-state index is 6.55. The summed E-state index contributed by atoms with van der Waals surface area (Å²) in [6, 6.07) is 7.43. The maximum absolute atomic E-state index is 6.55. The zero-order valence-corrected chi connectivity index (χ0v) is 13.1. The Labute approximate surface area is 127 Å². The van der Waals surface area contributed by atoms with E-state index in [1.54, 1.807) is 0 Å². The minimum absolute atomic E-state index is 0.650. The highest BCUT2D eigenvalue weighted by molar-refractivity contribution is 6.31. The molecule has 2 heterocycles. The van der Waals surface area contributed by atoms with Crippen molar-refractivity contribution in [2.45, 2.75) is 44.1 Å².